The first-order valence-electron chi connectivity index (χ1n) is 7.54. The maximum absolute atomic E-state index is 11.5. The molecule has 0 radical (unpaired) electrons. The van der Waals surface area contributed by atoms with E-state index < -0.39 is 0 Å². The highest BCUT2D eigenvalue weighted by atomic mass is 16.6. The number of hydrogen-bond acceptors (Lipinski definition) is 2. The van der Waals surface area contributed by atoms with Crippen LogP contribution in [0.2, 0.25) is 0 Å². The summed E-state index contributed by atoms with van der Waals surface area (Å²) in [5.74, 6) is 0.200. The van der Waals surface area contributed by atoms with E-state index in [9.17, 15) is 4.79 Å². The second kappa shape index (κ2) is 7.60. The molecule has 1 atom stereocenters. The lowest BCUT2D eigenvalue weighted by atomic mass is 9.75. The van der Waals surface area contributed by atoms with Gasteiger partial charge < -0.3 is 4.74 Å². The fourth-order valence-corrected chi connectivity index (χ4v) is 2.93. The lowest BCUT2D eigenvalue weighted by Crippen LogP contribution is -2.56. The van der Waals surface area contributed by atoms with Crippen molar-refractivity contribution in [2.45, 2.75) is 77.2 Å². The van der Waals surface area contributed by atoms with Crippen LogP contribution in [0.4, 0.5) is 0 Å². The number of hydrogen-bond donors (Lipinski definition) is 0. The number of esters is 1. The first-order chi connectivity index (χ1) is 8.70. The minimum absolute atomic E-state index is 0.0327. The lowest BCUT2D eigenvalue weighted by molar-refractivity contribution is -0.216. The van der Waals surface area contributed by atoms with E-state index in [1.807, 2.05) is 6.08 Å². The van der Waals surface area contributed by atoms with Gasteiger partial charge in [0.05, 0.1) is 5.92 Å². The molecule has 0 bridgehead atoms. The van der Waals surface area contributed by atoms with Gasteiger partial charge in [-0.25, -0.2) is 0 Å². The Morgan fingerprint density at radius 1 is 1.17 bits per heavy atom. The zero-order valence-electron chi connectivity index (χ0n) is 12.0. The van der Waals surface area contributed by atoms with Crippen LogP contribution in [0.15, 0.2) is 12.7 Å². The standard InChI is InChI=1S/C16H28O2/c1-4-7-8-9-10-11-12-13-14-15(17)18-16(14,5-2)6-3/h4,14H,1,5-13H2,2-3H3. The Morgan fingerprint density at radius 3 is 2.33 bits per heavy atom. The maximum atomic E-state index is 11.5. The summed E-state index contributed by atoms with van der Waals surface area (Å²) in [6.45, 7) is 7.97. The monoisotopic (exact) mass is 252 g/mol. The highest BCUT2D eigenvalue weighted by Crippen LogP contribution is 2.43. The fourth-order valence-electron chi connectivity index (χ4n) is 2.93. The van der Waals surface area contributed by atoms with Gasteiger partial charge in [0.2, 0.25) is 0 Å². The summed E-state index contributed by atoms with van der Waals surface area (Å²) in [5, 5.41) is 0. The smallest absolute Gasteiger partial charge is 0.313 e. The molecule has 1 rings (SSSR count). The molecule has 0 amide bonds. The van der Waals surface area contributed by atoms with Crippen LogP contribution in [0, 0.1) is 5.92 Å². The molecule has 1 unspecified atom stereocenters. The van der Waals surface area contributed by atoms with Crippen molar-refractivity contribution in [3.63, 3.8) is 0 Å². The molecule has 1 heterocycles. The Morgan fingerprint density at radius 2 is 1.78 bits per heavy atom. The van der Waals surface area contributed by atoms with E-state index in [1.54, 1.807) is 0 Å². The largest absolute Gasteiger partial charge is 0.458 e. The summed E-state index contributed by atoms with van der Waals surface area (Å²) in [6, 6.07) is 0. The molecule has 0 aromatic heterocycles. The van der Waals surface area contributed by atoms with E-state index in [2.05, 4.69) is 20.4 Å². The molecular weight excluding hydrogens is 224 g/mol. The summed E-state index contributed by atoms with van der Waals surface area (Å²) in [6.07, 6.45) is 12.3. The molecule has 0 spiro atoms. The van der Waals surface area contributed by atoms with Crippen LogP contribution >= 0.6 is 0 Å². The van der Waals surface area contributed by atoms with Crippen molar-refractivity contribution in [3.05, 3.63) is 12.7 Å². The number of cyclic esters (lactones) is 1. The van der Waals surface area contributed by atoms with Crippen LogP contribution in [0.1, 0.15) is 71.6 Å². The van der Waals surface area contributed by atoms with Crippen LogP contribution in [0.5, 0.6) is 0 Å². The summed E-state index contributed by atoms with van der Waals surface area (Å²) in [7, 11) is 0. The molecule has 0 N–H and O–H groups in total. The number of carbonyl (C=O) groups excluding carboxylic acids is 1. The average Bonchev–Trinajstić information content (AvgIpc) is 2.38. The number of unbranched alkanes of at least 4 members (excludes halogenated alkanes) is 5. The van der Waals surface area contributed by atoms with Crippen molar-refractivity contribution < 1.29 is 9.53 Å². The molecule has 1 aliphatic heterocycles. The quantitative estimate of drug-likeness (QED) is 0.322. The van der Waals surface area contributed by atoms with Crippen molar-refractivity contribution in [2.75, 3.05) is 0 Å². The molecule has 1 fully saturated rings. The zero-order chi connectivity index (χ0) is 13.4. The van der Waals surface area contributed by atoms with E-state index in [0.29, 0.717) is 0 Å². The molecule has 0 aromatic carbocycles. The normalized spacial score (nSPS) is 21.2. The van der Waals surface area contributed by atoms with Crippen LogP contribution in [-0.2, 0) is 9.53 Å². The van der Waals surface area contributed by atoms with Crippen molar-refractivity contribution in [1.29, 1.82) is 0 Å². The lowest BCUT2D eigenvalue weighted by Gasteiger charge is -2.47. The van der Waals surface area contributed by atoms with E-state index in [1.165, 1.54) is 25.7 Å². The Balaban J connectivity index is 2.14. The first kappa shape index (κ1) is 15.3. The van der Waals surface area contributed by atoms with Crippen molar-refractivity contribution in [1.82, 2.24) is 0 Å². The highest BCUT2D eigenvalue weighted by molar-refractivity contribution is 5.80. The van der Waals surface area contributed by atoms with E-state index >= 15 is 0 Å². The van der Waals surface area contributed by atoms with Crippen molar-refractivity contribution in [3.8, 4) is 0 Å². The van der Waals surface area contributed by atoms with Crippen molar-refractivity contribution in [2.24, 2.45) is 5.92 Å². The molecule has 0 saturated carbocycles. The van der Waals surface area contributed by atoms with Gasteiger partial charge in [-0.05, 0) is 32.1 Å². The Labute approximate surface area is 112 Å². The molecule has 18 heavy (non-hydrogen) atoms. The van der Waals surface area contributed by atoms with Gasteiger partial charge in [0, 0.05) is 0 Å². The van der Waals surface area contributed by atoms with Crippen LogP contribution in [-0.4, -0.2) is 11.6 Å². The SMILES string of the molecule is C=CCCCCCCCC1C(=O)OC1(CC)CC. The van der Waals surface area contributed by atoms with Gasteiger partial charge in [-0.3, -0.25) is 4.79 Å². The van der Waals surface area contributed by atoms with E-state index in [0.717, 1.165) is 32.1 Å². The van der Waals surface area contributed by atoms with Crippen molar-refractivity contribution >= 4 is 5.97 Å². The third-order valence-corrected chi connectivity index (χ3v) is 4.32. The van der Waals surface area contributed by atoms with Gasteiger partial charge in [-0.15, -0.1) is 6.58 Å². The average molecular weight is 252 g/mol. The minimum atomic E-state index is -0.125. The molecule has 0 aromatic rings. The van der Waals surface area contributed by atoms with Gasteiger partial charge in [-0.1, -0.05) is 45.6 Å². The van der Waals surface area contributed by atoms with Gasteiger partial charge in [0.25, 0.3) is 0 Å². The summed E-state index contributed by atoms with van der Waals surface area (Å²) < 4.78 is 5.40. The Kier molecular flexibility index (Phi) is 6.45. The second-order valence-electron chi connectivity index (χ2n) is 5.38. The molecule has 1 aliphatic rings. The predicted octanol–water partition coefficient (Wildman–Crippen LogP) is 4.63. The van der Waals surface area contributed by atoms with Crippen LogP contribution in [0.25, 0.3) is 0 Å². The summed E-state index contributed by atoms with van der Waals surface area (Å²) in [5.41, 5.74) is -0.125. The highest BCUT2D eigenvalue weighted by Gasteiger charge is 2.53. The molecule has 1 saturated heterocycles. The Bertz CT molecular complexity index is 266. The summed E-state index contributed by atoms with van der Waals surface area (Å²) in [4.78, 5) is 11.5. The third-order valence-electron chi connectivity index (χ3n) is 4.32. The molecular formula is C16H28O2. The predicted molar refractivity (Wildman–Crippen MR) is 75.4 cm³/mol. The Hall–Kier alpha value is -0.790. The van der Waals surface area contributed by atoms with Gasteiger partial charge in [0.15, 0.2) is 0 Å². The molecule has 2 heteroatoms. The molecule has 0 aliphatic carbocycles. The molecule has 104 valence electrons. The number of rotatable bonds is 10. The zero-order valence-corrected chi connectivity index (χ0v) is 12.0. The third kappa shape index (κ3) is 3.60. The minimum Gasteiger partial charge on any atom is -0.458 e. The van der Waals surface area contributed by atoms with Crippen LogP contribution in [0.3, 0.4) is 0 Å². The summed E-state index contributed by atoms with van der Waals surface area (Å²) >= 11 is 0. The first-order valence-corrected chi connectivity index (χ1v) is 7.54. The van der Waals surface area contributed by atoms with E-state index in [4.69, 9.17) is 4.74 Å². The van der Waals surface area contributed by atoms with Gasteiger partial charge in [0.1, 0.15) is 5.60 Å². The fraction of sp³-hybridized carbons (Fsp3) is 0.812. The van der Waals surface area contributed by atoms with Gasteiger partial charge in [-0.2, -0.15) is 0 Å². The number of ether oxygens (including phenoxy) is 1. The number of allylic oxidation sites excluding steroid dienone is 1. The second-order valence-corrected chi connectivity index (χ2v) is 5.38. The maximum Gasteiger partial charge on any atom is 0.313 e. The van der Waals surface area contributed by atoms with Gasteiger partial charge >= 0.3 is 5.97 Å². The number of carbonyl (C=O) groups is 1. The van der Waals surface area contributed by atoms with E-state index in [-0.39, 0.29) is 17.5 Å². The molecule has 2 nitrogen and oxygen atoms in total. The van der Waals surface area contributed by atoms with Crippen LogP contribution < -0.4 is 0 Å². The topological polar surface area (TPSA) is 26.3 Å².